The number of nitrogens with one attached hydrogen (secondary N) is 2. The van der Waals surface area contributed by atoms with Gasteiger partial charge in [-0.05, 0) is 55.2 Å². The molecule has 0 saturated heterocycles. The zero-order valence-electron chi connectivity index (χ0n) is 22.4. The van der Waals surface area contributed by atoms with Crippen molar-refractivity contribution in [2.45, 2.75) is 44.3 Å². The predicted octanol–water partition coefficient (Wildman–Crippen LogP) is 4.55. The molecular weight excluding hydrogens is 504 g/mol. The lowest BCUT2D eigenvalue weighted by atomic mass is 9.95. The lowest BCUT2D eigenvalue weighted by Crippen LogP contribution is -2.50. The molecule has 2 aliphatic heterocycles. The SMILES string of the molecule is CCN1C(=O)NC(c2cccc(Oc3ccccc3)c2)C2=C1CN(C(Cc1ccccc1)C(=O)NC1CC1)C2=O. The van der Waals surface area contributed by atoms with Crippen molar-refractivity contribution in [3.8, 4) is 11.5 Å². The molecule has 3 aromatic rings. The van der Waals surface area contributed by atoms with Gasteiger partial charge in [-0.1, -0.05) is 60.7 Å². The highest BCUT2D eigenvalue weighted by Crippen LogP contribution is 2.38. The van der Waals surface area contributed by atoms with Crippen molar-refractivity contribution in [3.63, 3.8) is 0 Å². The second kappa shape index (κ2) is 10.9. The van der Waals surface area contributed by atoms with Gasteiger partial charge in [-0.3, -0.25) is 14.5 Å². The molecule has 204 valence electrons. The Kier molecular flexibility index (Phi) is 6.99. The van der Waals surface area contributed by atoms with Gasteiger partial charge in [-0.15, -0.1) is 0 Å². The van der Waals surface area contributed by atoms with E-state index < -0.39 is 12.1 Å². The largest absolute Gasteiger partial charge is 0.457 e. The molecular formula is C32H32N4O4. The number of hydrogen-bond acceptors (Lipinski definition) is 4. The van der Waals surface area contributed by atoms with Gasteiger partial charge < -0.3 is 20.3 Å². The molecule has 0 bridgehead atoms. The van der Waals surface area contributed by atoms with Gasteiger partial charge >= 0.3 is 6.03 Å². The van der Waals surface area contributed by atoms with Crippen LogP contribution in [0.4, 0.5) is 4.79 Å². The first kappa shape index (κ1) is 25.7. The second-order valence-corrected chi connectivity index (χ2v) is 10.4. The Bertz CT molecular complexity index is 1450. The fourth-order valence-electron chi connectivity index (χ4n) is 5.44. The number of hydrogen-bond donors (Lipinski definition) is 2. The quantitative estimate of drug-likeness (QED) is 0.420. The highest BCUT2D eigenvalue weighted by molar-refractivity contribution is 6.03. The van der Waals surface area contributed by atoms with Crippen LogP contribution >= 0.6 is 0 Å². The first-order chi connectivity index (χ1) is 19.5. The number of urea groups is 1. The fraction of sp³-hybridized carbons (Fsp3) is 0.281. The summed E-state index contributed by atoms with van der Waals surface area (Å²) in [7, 11) is 0. The molecule has 3 aliphatic rings. The Hall–Kier alpha value is -4.59. The van der Waals surface area contributed by atoms with E-state index in [2.05, 4.69) is 10.6 Å². The average molecular weight is 537 g/mol. The number of para-hydroxylation sites is 1. The molecule has 6 rings (SSSR count). The summed E-state index contributed by atoms with van der Waals surface area (Å²) >= 11 is 0. The molecule has 2 heterocycles. The first-order valence-corrected chi connectivity index (χ1v) is 13.8. The standard InChI is InChI=1S/C32H32N4O4/c1-2-35-27-20-36(26(30(37)33-23-16-17-23)18-21-10-5-3-6-11-21)31(38)28(27)29(34-32(35)39)22-12-9-15-25(19-22)40-24-13-7-4-8-14-24/h3-15,19,23,26,29H,2,16-18,20H2,1H3,(H,33,37)(H,34,39). The van der Waals surface area contributed by atoms with Gasteiger partial charge in [0.15, 0.2) is 0 Å². The number of amides is 4. The molecule has 1 fully saturated rings. The highest BCUT2D eigenvalue weighted by Gasteiger charge is 2.47. The third-order valence-electron chi connectivity index (χ3n) is 7.61. The van der Waals surface area contributed by atoms with Crippen LogP contribution in [0.25, 0.3) is 0 Å². The van der Waals surface area contributed by atoms with Crippen LogP contribution in [-0.4, -0.2) is 52.8 Å². The van der Waals surface area contributed by atoms with E-state index in [4.69, 9.17) is 4.74 Å². The summed E-state index contributed by atoms with van der Waals surface area (Å²) < 4.78 is 6.03. The smallest absolute Gasteiger partial charge is 0.322 e. The number of benzene rings is 3. The molecule has 1 saturated carbocycles. The summed E-state index contributed by atoms with van der Waals surface area (Å²) in [5.74, 6) is 0.903. The van der Waals surface area contributed by atoms with Gasteiger partial charge in [-0.25, -0.2) is 4.79 Å². The van der Waals surface area contributed by atoms with E-state index in [-0.39, 0.29) is 30.4 Å². The molecule has 0 spiro atoms. The van der Waals surface area contributed by atoms with Crippen LogP contribution in [0.15, 0.2) is 96.2 Å². The average Bonchev–Trinajstić information content (AvgIpc) is 3.73. The van der Waals surface area contributed by atoms with E-state index in [9.17, 15) is 14.4 Å². The van der Waals surface area contributed by atoms with Crippen LogP contribution in [0.3, 0.4) is 0 Å². The molecule has 2 unspecified atom stereocenters. The van der Waals surface area contributed by atoms with Gasteiger partial charge in [0.2, 0.25) is 5.91 Å². The summed E-state index contributed by atoms with van der Waals surface area (Å²) in [6, 6.07) is 25.2. The zero-order valence-corrected chi connectivity index (χ0v) is 22.4. The van der Waals surface area contributed by atoms with E-state index in [1.165, 1.54) is 0 Å². The monoisotopic (exact) mass is 536 g/mol. The van der Waals surface area contributed by atoms with Gasteiger partial charge in [-0.2, -0.15) is 0 Å². The van der Waals surface area contributed by atoms with E-state index >= 15 is 0 Å². The van der Waals surface area contributed by atoms with Crippen LogP contribution in [-0.2, 0) is 16.0 Å². The normalized spacial score (nSPS) is 19.3. The molecule has 1 aliphatic carbocycles. The Morgan fingerprint density at radius 2 is 1.68 bits per heavy atom. The maximum Gasteiger partial charge on any atom is 0.322 e. The van der Waals surface area contributed by atoms with Crippen LogP contribution < -0.4 is 15.4 Å². The van der Waals surface area contributed by atoms with E-state index in [1.807, 2.05) is 91.9 Å². The summed E-state index contributed by atoms with van der Waals surface area (Å²) in [4.78, 5) is 44.1. The summed E-state index contributed by atoms with van der Waals surface area (Å²) in [5.41, 5.74) is 2.85. The van der Waals surface area contributed by atoms with E-state index in [0.29, 0.717) is 35.7 Å². The molecule has 0 radical (unpaired) electrons. The van der Waals surface area contributed by atoms with Crippen molar-refractivity contribution in [1.82, 2.24) is 20.4 Å². The zero-order chi connectivity index (χ0) is 27.6. The number of likely N-dealkylation sites (N-methyl/N-ethyl adjacent to an activating group) is 1. The summed E-state index contributed by atoms with van der Waals surface area (Å²) in [5, 5.41) is 6.13. The van der Waals surface area contributed by atoms with Crippen LogP contribution in [0.1, 0.15) is 36.9 Å². The number of carbonyl (C=O) groups excluding carboxylic acids is 3. The third-order valence-corrected chi connectivity index (χ3v) is 7.61. The van der Waals surface area contributed by atoms with Crippen molar-refractivity contribution in [2.24, 2.45) is 0 Å². The van der Waals surface area contributed by atoms with Gasteiger partial charge in [0.1, 0.15) is 17.5 Å². The minimum atomic E-state index is -0.691. The topological polar surface area (TPSA) is 91.0 Å². The predicted molar refractivity (Wildman–Crippen MR) is 150 cm³/mol. The highest BCUT2D eigenvalue weighted by atomic mass is 16.5. The number of carbonyl (C=O) groups is 3. The Morgan fingerprint density at radius 1 is 0.975 bits per heavy atom. The van der Waals surface area contributed by atoms with Gasteiger partial charge in [0, 0.05) is 19.0 Å². The van der Waals surface area contributed by atoms with Crippen molar-refractivity contribution in [1.29, 1.82) is 0 Å². The molecule has 2 atom stereocenters. The molecule has 40 heavy (non-hydrogen) atoms. The second-order valence-electron chi connectivity index (χ2n) is 10.4. The molecule has 0 aromatic heterocycles. The fourth-order valence-corrected chi connectivity index (χ4v) is 5.44. The minimum absolute atomic E-state index is 0.156. The molecule has 8 nitrogen and oxygen atoms in total. The van der Waals surface area contributed by atoms with Crippen LogP contribution in [0.2, 0.25) is 0 Å². The minimum Gasteiger partial charge on any atom is -0.457 e. The maximum absolute atomic E-state index is 14.2. The maximum atomic E-state index is 14.2. The Morgan fingerprint density at radius 3 is 2.38 bits per heavy atom. The lowest BCUT2D eigenvalue weighted by molar-refractivity contribution is -0.136. The van der Waals surface area contributed by atoms with E-state index in [0.717, 1.165) is 24.0 Å². The van der Waals surface area contributed by atoms with Crippen LogP contribution in [0, 0.1) is 0 Å². The van der Waals surface area contributed by atoms with Crippen molar-refractivity contribution < 1.29 is 19.1 Å². The number of nitrogens with zero attached hydrogens (tertiary/aromatic N) is 2. The van der Waals surface area contributed by atoms with E-state index in [1.54, 1.807) is 9.80 Å². The lowest BCUT2D eigenvalue weighted by Gasteiger charge is -2.33. The van der Waals surface area contributed by atoms with Crippen molar-refractivity contribution >= 4 is 17.8 Å². The molecule has 4 amide bonds. The molecule has 2 N–H and O–H groups in total. The number of ether oxygens (including phenoxy) is 1. The molecule has 8 heteroatoms. The first-order valence-electron chi connectivity index (χ1n) is 13.8. The Labute approximate surface area is 233 Å². The van der Waals surface area contributed by atoms with Gasteiger partial charge in [0.05, 0.1) is 23.9 Å². The number of rotatable bonds is 9. The van der Waals surface area contributed by atoms with Crippen molar-refractivity contribution in [3.05, 3.63) is 107 Å². The summed E-state index contributed by atoms with van der Waals surface area (Å²) in [6.45, 7) is 2.49. The van der Waals surface area contributed by atoms with Crippen LogP contribution in [0.5, 0.6) is 11.5 Å². The Balaban J connectivity index is 1.33. The van der Waals surface area contributed by atoms with Gasteiger partial charge in [0.25, 0.3) is 5.91 Å². The summed E-state index contributed by atoms with van der Waals surface area (Å²) in [6.07, 6.45) is 2.31. The molecule has 3 aromatic carbocycles. The van der Waals surface area contributed by atoms with Crippen molar-refractivity contribution in [2.75, 3.05) is 13.1 Å². The third kappa shape index (κ3) is 5.17.